The molecule has 0 aromatic rings. The first-order chi connectivity index (χ1) is 5.46. The van der Waals surface area contributed by atoms with Gasteiger partial charge in [0.15, 0.2) is 0 Å². The lowest BCUT2D eigenvalue weighted by molar-refractivity contribution is 0.131. The van der Waals surface area contributed by atoms with Gasteiger partial charge in [-0.2, -0.15) is 0 Å². The SMILES string of the molecule is CCC(N)(CC)C(C)CC(C)O. The summed E-state index contributed by atoms with van der Waals surface area (Å²) >= 11 is 0. The molecule has 0 radical (unpaired) electrons. The molecule has 0 aliphatic rings. The molecule has 0 aromatic heterocycles. The normalized spacial score (nSPS) is 17.5. The Balaban J connectivity index is 4.11. The molecule has 2 nitrogen and oxygen atoms in total. The van der Waals surface area contributed by atoms with E-state index in [1.165, 1.54) is 0 Å². The maximum absolute atomic E-state index is 9.22. The summed E-state index contributed by atoms with van der Waals surface area (Å²) in [5.41, 5.74) is 6.09. The van der Waals surface area contributed by atoms with Gasteiger partial charge in [-0.3, -0.25) is 0 Å². The lowest BCUT2D eigenvalue weighted by atomic mass is 9.79. The van der Waals surface area contributed by atoms with Gasteiger partial charge in [0.25, 0.3) is 0 Å². The lowest BCUT2D eigenvalue weighted by Gasteiger charge is -2.34. The van der Waals surface area contributed by atoms with E-state index in [2.05, 4.69) is 20.8 Å². The molecule has 0 saturated heterocycles. The largest absolute Gasteiger partial charge is 0.393 e. The molecule has 0 heterocycles. The Morgan fingerprint density at radius 1 is 1.25 bits per heavy atom. The molecule has 0 bridgehead atoms. The van der Waals surface area contributed by atoms with Crippen LogP contribution in [0.25, 0.3) is 0 Å². The number of aliphatic hydroxyl groups is 1. The number of rotatable bonds is 5. The molecule has 0 aliphatic heterocycles. The maximum Gasteiger partial charge on any atom is 0.0515 e. The highest BCUT2D eigenvalue weighted by Gasteiger charge is 2.28. The van der Waals surface area contributed by atoms with Crippen molar-refractivity contribution in [2.75, 3.05) is 0 Å². The second kappa shape index (κ2) is 4.83. The van der Waals surface area contributed by atoms with Crippen LogP contribution in [0.3, 0.4) is 0 Å². The van der Waals surface area contributed by atoms with Gasteiger partial charge in [0.05, 0.1) is 6.10 Å². The van der Waals surface area contributed by atoms with Crippen LogP contribution in [-0.2, 0) is 0 Å². The van der Waals surface area contributed by atoms with Crippen molar-refractivity contribution in [1.29, 1.82) is 0 Å². The number of hydrogen-bond donors (Lipinski definition) is 2. The number of aliphatic hydroxyl groups excluding tert-OH is 1. The molecule has 0 spiro atoms. The first-order valence-electron chi connectivity index (χ1n) is 4.93. The van der Waals surface area contributed by atoms with Crippen LogP contribution in [-0.4, -0.2) is 16.7 Å². The minimum atomic E-state index is -0.235. The summed E-state index contributed by atoms with van der Waals surface area (Å²) < 4.78 is 0. The zero-order valence-electron chi connectivity index (χ0n) is 8.80. The second-order valence-electron chi connectivity index (χ2n) is 3.93. The average Bonchev–Trinajstić information content (AvgIpc) is 2.02. The molecule has 0 aromatic carbocycles. The molecule has 0 rings (SSSR count). The Morgan fingerprint density at radius 3 is 1.92 bits per heavy atom. The summed E-state index contributed by atoms with van der Waals surface area (Å²) in [5, 5.41) is 9.22. The highest BCUT2D eigenvalue weighted by atomic mass is 16.3. The van der Waals surface area contributed by atoms with Crippen LogP contribution in [0.2, 0.25) is 0 Å². The van der Waals surface area contributed by atoms with Crippen LogP contribution in [0.4, 0.5) is 0 Å². The molecule has 74 valence electrons. The van der Waals surface area contributed by atoms with Crippen molar-refractivity contribution in [2.45, 2.75) is 58.6 Å². The van der Waals surface area contributed by atoms with Crippen LogP contribution < -0.4 is 5.73 Å². The quantitative estimate of drug-likeness (QED) is 0.667. The van der Waals surface area contributed by atoms with Crippen molar-refractivity contribution in [2.24, 2.45) is 11.7 Å². The summed E-state index contributed by atoms with van der Waals surface area (Å²) in [4.78, 5) is 0. The van der Waals surface area contributed by atoms with Crippen molar-refractivity contribution in [1.82, 2.24) is 0 Å². The topological polar surface area (TPSA) is 46.2 Å². The molecular formula is C10H23NO. The third-order valence-electron chi connectivity index (χ3n) is 2.99. The smallest absolute Gasteiger partial charge is 0.0515 e. The van der Waals surface area contributed by atoms with Crippen LogP contribution in [0, 0.1) is 5.92 Å². The second-order valence-corrected chi connectivity index (χ2v) is 3.93. The average molecular weight is 173 g/mol. The van der Waals surface area contributed by atoms with Crippen molar-refractivity contribution >= 4 is 0 Å². The minimum absolute atomic E-state index is 0.0863. The molecular weight excluding hydrogens is 150 g/mol. The van der Waals surface area contributed by atoms with Gasteiger partial charge < -0.3 is 10.8 Å². The van der Waals surface area contributed by atoms with E-state index in [1.807, 2.05) is 6.92 Å². The Morgan fingerprint density at radius 2 is 1.67 bits per heavy atom. The van der Waals surface area contributed by atoms with Gasteiger partial charge in [-0.15, -0.1) is 0 Å². The molecule has 0 amide bonds. The van der Waals surface area contributed by atoms with Crippen molar-refractivity contribution in [3.05, 3.63) is 0 Å². The Hall–Kier alpha value is -0.0800. The van der Waals surface area contributed by atoms with Gasteiger partial charge in [0.1, 0.15) is 0 Å². The van der Waals surface area contributed by atoms with Crippen LogP contribution in [0.1, 0.15) is 47.0 Å². The predicted molar refractivity (Wildman–Crippen MR) is 53.0 cm³/mol. The molecule has 3 N–H and O–H groups in total. The first-order valence-corrected chi connectivity index (χ1v) is 4.93. The van der Waals surface area contributed by atoms with Gasteiger partial charge in [-0.05, 0) is 32.1 Å². The van der Waals surface area contributed by atoms with Gasteiger partial charge in [0, 0.05) is 5.54 Å². The molecule has 0 fully saturated rings. The highest BCUT2D eigenvalue weighted by molar-refractivity contribution is 4.87. The summed E-state index contributed by atoms with van der Waals surface area (Å²) in [6.45, 7) is 8.17. The first kappa shape index (κ1) is 11.9. The third kappa shape index (κ3) is 3.11. The Kier molecular flexibility index (Phi) is 4.80. The summed E-state index contributed by atoms with van der Waals surface area (Å²) in [6.07, 6.45) is 2.54. The summed E-state index contributed by atoms with van der Waals surface area (Å²) in [5.74, 6) is 0.396. The third-order valence-corrected chi connectivity index (χ3v) is 2.99. The van der Waals surface area contributed by atoms with Crippen LogP contribution in [0.5, 0.6) is 0 Å². The fourth-order valence-corrected chi connectivity index (χ4v) is 1.69. The van der Waals surface area contributed by atoms with Crippen LogP contribution in [0.15, 0.2) is 0 Å². The summed E-state index contributed by atoms with van der Waals surface area (Å²) in [6, 6.07) is 0. The monoisotopic (exact) mass is 173 g/mol. The highest BCUT2D eigenvalue weighted by Crippen LogP contribution is 2.25. The minimum Gasteiger partial charge on any atom is -0.393 e. The van der Waals surface area contributed by atoms with Crippen molar-refractivity contribution in [3.8, 4) is 0 Å². The lowest BCUT2D eigenvalue weighted by Crippen LogP contribution is -2.45. The van der Waals surface area contributed by atoms with Crippen LogP contribution >= 0.6 is 0 Å². The standard InChI is InChI=1S/C10H23NO/c1-5-10(11,6-2)8(3)7-9(4)12/h8-9,12H,5-7,11H2,1-4H3. The zero-order valence-corrected chi connectivity index (χ0v) is 8.80. The van der Waals surface area contributed by atoms with Gasteiger partial charge in [-0.25, -0.2) is 0 Å². The Labute approximate surface area is 76.2 Å². The van der Waals surface area contributed by atoms with E-state index in [-0.39, 0.29) is 11.6 Å². The van der Waals surface area contributed by atoms with E-state index in [0.717, 1.165) is 19.3 Å². The zero-order chi connectivity index (χ0) is 9.78. The molecule has 2 heteroatoms. The van der Waals surface area contributed by atoms with E-state index in [1.54, 1.807) is 0 Å². The van der Waals surface area contributed by atoms with Gasteiger partial charge in [0.2, 0.25) is 0 Å². The van der Waals surface area contributed by atoms with E-state index in [9.17, 15) is 5.11 Å². The van der Waals surface area contributed by atoms with Crippen molar-refractivity contribution in [3.63, 3.8) is 0 Å². The molecule has 2 unspecified atom stereocenters. The van der Waals surface area contributed by atoms with E-state index in [0.29, 0.717) is 5.92 Å². The molecule has 0 aliphatic carbocycles. The van der Waals surface area contributed by atoms with Gasteiger partial charge in [-0.1, -0.05) is 20.8 Å². The molecule has 12 heavy (non-hydrogen) atoms. The van der Waals surface area contributed by atoms with E-state index >= 15 is 0 Å². The fourth-order valence-electron chi connectivity index (χ4n) is 1.69. The van der Waals surface area contributed by atoms with E-state index < -0.39 is 0 Å². The molecule has 0 saturated carbocycles. The number of nitrogens with two attached hydrogens (primary N) is 1. The fraction of sp³-hybridized carbons (Fsp3) is 1.00. The molecule has 2 atom stereocenters. The van der Waals surface area contributed by atoms with Crippen molar-refractivity contribution < 1.29 is 5.11 Å². The maximum atomic E-state index is 9.22. The van der Waals surface area contributed by atoms with E-state index in [4.69, 9.17) is 5.73 Å². The Bertz CT molecular complexity index is 119. The van der Waals surface area contributed by atoms with Gasteiger partial charge >= 0.3 is 0 Å². The number of hydrogen-bond acceptors (Lipinski definition) is 2. The summed E-state index contributed by atoms with van der Waals surface area (Å²) in [7, 11) is 0. The predicted octanol–water partition coefficient (Wildman–Crippen LogP) is 1.91.